The molecule has 1 aromatic heterocycles. The van der Waals surface area contributed by atoms with Crippen molar-refractivity contribution in [2.75, 3.05) is 13.2 Å². The molecule has 0 radical (unpaired) electrons. The predicted octanol–water partition coefficient (Wildman–Crippen LogP) is 0.956. The first kappa shape index (κ1) is 15.0. The Kier molecular flexibility index (Phi) is 4.42. The maximum absolute atomic E-state index is 11.9. The highest BCUT2D eigenvalue weighted by molar-refractivity contribution is 7.09. The number of nitrogens with zero attached hydrogens (tertiary/aromatic N) is 1. The van der Waals surface area contributed by atoms with Gasteiger partial charge in [0.1, 0.15) is 5.54 Å². The van der Waals surface area contributed by atoms with Crippen LogP contribution in [0.1, 0.15) is 18.7 Å². The fraction of sp³-hybridized carbons (Fsp3) is 0.538. The first-order valence-corrected chi connectivity index (χ1v) is 7.20. The smallest absolute Gasteiger partial charge is 0.325 e. The Morgan fingerprint density at radius 3 is 2.80 bits per heavy atom. The standard InChI is InChI=1S/C13H18N2O4S/c1-13(2)11(17)15(12(18)14-13)6-9(16)7-19-8-10-4-3-5-20-10/h3-5,9,16H,6-8H2,1-2H3,(H,14,18)/t9-/m0/s1. The Balaban J connectivity index is 1.78. The molecule has 7 heteroatoms. The van der Waals surface area contributed by atoms with Gasteiger partial charge in [0.25, 0.3) is 5.91 Å². The molecule has 0 aliphatic carbocycles. The number of amides is 3. The van der Waals surface area contributed by atoms with Crippen molar-refractivity contribution < 1.29 is 19.4 Å². The molecule has 6 nitrogen and oxygen atoms in total. The number of aliphatic hydroxyl groups is 1. The fourth-order valence-electron chi connectivity index (χ4n) is 1.94. The Morgan fingerprint density at radius 1 is 1.50 bits per heavy atom. The molecule has 1 aliphatic rings. The van der Waals surface area contributed by atoms with Crippen molar-refractivity contribution in [2.24, 2.45) is 0 Å². The number of carbonyl (C=O) groups is 2. The first-order chi connectivity index (χ1) is 9.40. The Labute approximate surface area is 121 Å². The van der Waals surface area contributed by atoms with Crippen LogP contribution in [0.4, 0.5) is 4.79 Å². The van der Waals surface area contributed by atoms with Crippen molar-refractivity contribution in [2.45, 2.75) is 32.1 Å². The monoisotopic (exact) mass is 298 g/mol. The average Bonchev–Trinajstić information content (AvgIpc) is 2.93. The van der Waals surface area contributed by atoms with Crippen LogP contribution in [-0.2, 0) is 16.1 Å². The lowest BCUT2D eigenvalue weighted by Crippen LogP contribution is -2.42. The lowest BCUT2D eigenvalue weighted by molar-refractivity contribution is -0.131. The number of carbonyl (C=O) groups excluding carboxylic acids is 2. The number of hydrogen-bond donors (Lipinski definition) is 2. The van der Waals surface area contributed by atoms with Gasteiger partial charge in [0, 0.05) is 4.88 Å². The molecule has 3 amide bonds. The Hall–Kier alpha value is -1.44. The molecule has 2 heterocycles. The van der Waals surface area contributed by atoms with E-state index in [1.807, 2.05) is 17.5 Å². The van der Waals surface area contributed by atoms with Gasteiger partial charge in [-0.05, 0) is 25.3 Å². The van der Waals surface area contributed by atoms with E-state index in [-0.39, 0.29) is 19.1 Å². The van der Waals surface area contributed by atoms with E-state index in [0.29, 0.717) is 6.61 Å². The number of rotatable bonds is 6. The van der Waals surface area contributed by atoms with Gasteiger partial charge >= 0.3 is 6.03 Å². The second-order valence-corrected chi connectivity index (χ2v) is 6.25. The van der Waals surface area contributed by atoms with Crippen LogP contribution in [0, 0.1) is 0 Å². The van der Waals surface area contributed by atoms with E-state index in [1.54, 1.807) is 25.2 Å². The summed E-state index contributed by atoms with van der Waals surface area (Å²) in [5, 5.41) is 14.4. The van der Waals surface area contributed by atoms with Gasteiger partial charge in [0.05, 0.1) is 25.9 Å². The van der Waals surface area contributed by atoms with E-state index in [0.717, 1.165) is 9.78 Å². The van der Waals surface area contributed by atoms with E-state index in [1.165, 1.54) is 0 Å². The molecule has 1 atom stereocenters. The highest BCUT2D eigenvalue weighted by atomic mass is 32.1. The SMILES string of the molecule is CC1(C)NC(=O)N(C[C@H](O)COCc2cccs2)C1=O. The summed E-state index contributed by atoms with van der Waals surface area (Å²) in [5.74, 6) is -0.334. The van der Waals surface area contributed by atoms with E-state index in [9.17, 15) is 14.7 Å². The lowest BCUT2D eigenvalue weighted by Gasteiger charge is -2.19. The summed E-state index contributed by atoms with van der Waals surface area (Å²) in [4.78, 5) is 25.7. The van der Waals surface area contributed by atoms with Crippen LogP contribution < -0.4 is 5.32 Å². The summed E-state index contributed by atoms with van der Waals surface area (Å²) < 4.78 is 5.36. The summed E-state index contributed by atoms with van der Waals surface area (Å²) in [5.41, 5.74) is -0.908. The quantitative estimate of drug-likeness (QED) is 0.767. The van der Waals surface area contributed by atoms with Crippen LogP contribution in [-0.4, -0.2) is 46.7 Å². The topological polar surface area (TPSA) is 78.9 Å². The maximum atomic E-state index is 11.9. The minimum atomic E-state index is -0.908. The van der Waals surface area contributed by atoms with Crippen LogP contribution in [0.2, 0.25) is 0 Å². The molecule has 0 spiro atoms. The number of hydrogen-bond acceptors (Lipinski definition) is 5. The van der Waals surface area contributed by atoms with Crippen LogP contribution >= 0.6 is 11.3 Å². The molecule has 110 valence electrons. The van der Waals surface area contributed by atoms with Gasteiger partial charge in [-0.15, -0.1) is 11.3 Å². The molecule has 20 heavy (non-hydrogen) atoms. The van der Waals surface area contributed by atoms with Crippen molar-refractivity contribution in [3.63, 3.8) is 0 Å². The molecule has 1 aromatic rings. The third kappa shape index (κ3) is 3.36. The zero-order chi connectivity index (χ0) is 14.8. The second kappa shape index (κ2) is 5.90. The van der Waals surface area contributed by atoms with Crippen molar-refractivity contribution in [3.05, 3.63) is 22.4 Å². The van der Waals surface area contributed by atoms with Crippen LogP contribution in [0.25, 0.3) is 0 Å². The summed E-state index contributed by atoms with van der Waals surface area (Å²) in [6.07, 6.45) is -0.890. The van der Waals surface area contributed by atoms with Gasteiger partial charge in [0.15, 0.2) is 0 Å². The molecular formula is C13H18N2O4S. The van der Waals surface area contributed by atoms with Crippen molar-refractivity contribution in [1.82, 2.24) is 10.2 Å². The third-order valence-corrected chi connectivity index (χ3v) is 3.82. The summed E-state index contributed by atoms with van der Waals surface area (Å²) in [6.45, 7) is 3.70. The van der Waals surface area contributed by atoms with Crippen molar-refractivity contribution in [3.8, 4) is 0 Å². The lowest BCUT2D eigenvalue weighted by atomic mass is 10.1. The number of aliphatic hydroxyl groups excluding tert-OH is 1. The minimum absolute atomic E-state index is 0.0570. The summed E-state index contributed by atoms with van der Waals surface area (Å²) >= 11 is 1.57. The number of imide groups is 1. The van der Waals surface area contributed by atoms with E-state index in [4.69, 9.17) is 4.74 Å². The Bertz CT molecular complexity index is 487. The van der Waals surface area contributed by atoms with Crippen LogP contribution in [0.15, 0.2) is 17.5 Å². The molecule has 2 rings (SSSR count). The highest BCUT2D eigenvalue weighted by Gasteiger charge is 2.44. The van der Waals surface area contributed by atoms with Crippen molar-refractivity contribution in [1.29, 1.82) is 0 Å². The molecule has 0 unspecified atom stereocenters. The molecule has 0 saturated carbocycles. The zero-order valence-corrected chi connectivity index (χ0v) is 12.3. The summed E-state index contributed by atoms with van der Waals surface area (Å²) in [7, 11) is 0. The number of thiophene rings is 1. The molecule has 1 aliphatic heterocycles. The van der Waals surface area contributed by atoms with E-state index in [2.05, 4.69) is 5.32 Å². The molecular weight excluding hydrogens is 280 g/mol. The largest absolute Gasteiger partial charge is 0.389 e. The van der Waals surface area contributed by atoms with Gasteiger partial charge in [0.2, 0.25) is 0 Å². The molecule has 0 bridgehead atoms. The average molecular weight is 298 g/mol. The Morgan fingerprint density at radius 2 is 2.25 bits per heavy atom. The van der Waals surface area contributed by atoms with Gasteiger partial charge in [-0.1, -0.05) is 6.07 Å². The predicted molar refractivity (Wildman–Crippen MR) is 74.3 cm³/mol. The van der Waals surface area contributed by atoms with Crippen LogP contribution in [0.3, 0.4) is 0 Å². The first-order valence-electron chi connectivity index (χ1n) is 6.32. The third-order valence-electron chi connectivity index (χ3n) is 2.97. The number of nitrogens with one attached hydrogen (secondary N) is 1. The fourth-order valence-corrected chi connectivity index (χ4v) is 2.58. The number of ether oxygens (including phenoxy) is 1. The molecule has 2 N–H and O–H groups in total. The number of β-amino-alcohol motifs (C(OH)–C–C–N with tert-alkyl or cyclic N) is 1. The van der Waals surface area contributed by atoms with Gasteiger partial charge in [-0.25, -0.2) is 4.79 Å². The minimum Gasteiger partial charge on any atom is -0.389 e. The second-order valence-electron chi connectivity index (χ2n) is 5.22. The van der Waals surface area contributed by atoms with E-state index >= 15 is 0 Å². The maximum Gasteiger partial charge on any atom is 0.325 e. The molecule has 1 fully saturated rings. The molecule has 0 aromatic carbocycles. The van der Waals surface area contributed by atoms with Crippen LogP contribution in [0.5, 0.6) is 0 Å². The van der Waals surface area contributed by atoms with Gasteiger partial charge < -0.3 is 15.2 Å². The summed E-state index contributed by atoms with van der Waals surface area (Å²) in [6, 6.07) is 3.39. The van der Waals surface area contributed by atoms with Gasteiger partial charge in [-0.3, -0.25) is 9.69 Å². The molecule has 1 saturated heterocycles. The van der Waals surface area contributed by atoms with E-state index < -0.39 is 17.7 Å². The zero-order valence-electron chi connectivity index (χ0n) is 11.5. The van der Waals surface area contributed by atoms with Crippen molar-refractivity contribution >= 4 is 23.3 Å². The van der Waals surface area contributed by atoms with Gasteiger partial charge in [-0.2, -0.15) is 0 Å². The normalized spacial score (nSPS) is 19.2. The number of urea groups is 1. The highest BCUT2D eigenvalue weighted by Crippen LogP contribution is 2.17.